The number of allylic oxidation sites excluding steroid dienone is 4. The molecule has 0 bridgehead atoms. The van der Waals surface area contributed by atoms with E-state index in [1.807, 2.05) is 0 Å². The third-order valence-electron chi connectivity index (χ3n) is 3.64. The molecule has 0 heterocycles. The Hall–Kier alpha value is -1.30. The van der Waals surface area contributed by atoms with Gasteiger partial charge in [0.1, 0.15) is 0 Å². The average Bonchev–Trinajstić information content (AvgIpc) is 2.58. The molecule has 0 aliphatic heterocycles. The third kappa shape index (κ3) is 2.52. The Balaban J connectivity index is 2.26. The van der Waals surface area contributed by atoms with Crippen molar-refractivity contribution in [3.05, 3.63) is 58.7 Å². The molecule has 1 aromatic rings. The van der Waals surface area contributed by atoms with Gasteiger partial charge < -0.3 is 0 Å². The fourth-order valence-electron chi connectivity index (χ4n) is 2.25. The topological polar surface area (TPSA) is 0 Å². The molecule has 0 saturated heterocycles. The van der Waals surface area contributed by atoms with Crippen molar-refractivity contribution >= 4 is 0 Å². The largest absolute Gasteiger partial charge is 0.0700 e. The first-order valence-corrected chi connectivity index (χ1v) is 6.35. The molecule has 0 heteroatoms. The number of rotatable bonds is 1. The van der Waals surface area contributed by atoms with Crippen LogP contribution in [0, 0.1) is 0 Å². The van der Waals surface area contributed by atoms with Crippen molar-refractivity contribution < 1.29 is 0 Å². The van der Waals surface area contributed by atoms with Crippen molar-refractivity contribution in [3.8, 4) is 0 Å². The Morgan fingerprint density at radius 2 is 1.29 bits per heavy atom. The molecule has 1 aliphatic carbocycles. The quantitative estimate of drug-likeness (QED) is 0.634. The Morgan fingerprint density at radius 1 is 0.824 bits per heavy atom. The van der Waals surface area contributed by atoms with Gasteiger partial charge in [0.05, 0.1) is 0 Å². The summed E-state index contributed by atoms with van der Waals surface area (Å²) in [7, 11) is 0. The highest BCUT2D eigenvalue weighted by atomic mass is 14.2. The maximum absolute atomic E-state index is 2.35. The van der Waals surface area contributed by atoms with Gasteiger partial charge in [0.25, 0.3) is 0 Å². The second kappa shape index (κ2) is 4.18. The molecule has 0 atom stereocenters. The van der Waals surface area contributed by atoms with E-state index in [2.05, 4.69) is 71.0 Å². The summed E-state index contributed by atoms with van der Waals surface area (Å²) in [4.78, 5) is 0. The summed E-state index contributed by atoms with van der Waals surface area (Å²) >= 11 is 0. The predicted molar refractivity (Wildman–Crippen MR) is 75.4 cm³/mol. The van der Waals surface area contributed by atoms with Crippen LogP contribution in [0.15, 0.2) is 47.6 Å². The molecular formula is C17H22. The van der Waals surface area contributed by atoms with Gasteiger partial charge in [-0.3, -0.25) is 0 Å². The van der Waals surface area contributed by atoms with E-state index in [9.17, 15) is 0 Å². The van der Waals surface area contributed by atoms with Crippen LogP contribution in [0.4, 0.5) is 0 Å². The fourth-order valence-corrected chi connectivity index (χ4v) is 2.25. The molecule has 1 aromatic carbocycles. The molecule has 0 nitrogen and oxygen atoms in total. The predicted octanol–water partition coefficient (Wildman–Crippen LogP) is 4.97. The van der Waals surface area contributed by atoms with Crippen molar-refractivity contribution in [3.63, 3.8) is 0 Å². The van der Waals surface area contributed by atoms with Crippen molar-refractivity contribution in [2.45, 2.75) is 46.0 Å². The first-order valence-electron chi connectivity index (χ1n) is 6.35. The minimum atomic E-state index is 0.242. The SMILES string of the molecule is CC1=CC(c2ccc(C(C)(C)C)cc2)C=C1C. The molecule has 90 valence electrons. The van der Waals surface area contributed by atoms with Crippen molar-refractivity contribution in [2.75, 3.05) is 0 Å². The van der Waals surface area contributed by atoms with E-state index >= 15 is 0 Å². The standard InChI is InChI=1S/C17H22/c1-12-10-15(11-13(12)2)14-6-8-16(9-7-14)17(3,4)5/h6-11,15H,1-5H3. The fraction of sp³-hybridized carbons (Fsp3) is 0.412. The second-order valence-corrected chi connectivity index (χ2v) is 6.10. The Labute approximate surface area is 105 Å². The number of hydrogen-bond acceptors (Lipinski definition) is 0. The monoisotopic (exact) mass is 226 g/mol. The van der Waals surface area contributed by atoms with Crippen LogP contribution in [0.5, 0.6) is 0 Å². The summed E-state index contributed by atoms with van der Waals surface area (Å²) in [6.07, 6.45) is 4.70. The van der Waals surface area contributed by atoms with E-state index in [4.69, 9.17) is 0 Å². The molecule has 0 radical (unpaired) electrons. The summed E-state index contributed by atoms with van der Waals surface area (Å²) in [5, 5.41) is 0. The highest BCUT2D eigenvalue weighted by molar-refractivity contribution is 5.44. The Kier molecular flexibility index (Phi) is 2.99. The lowest BCUT2D eigenvalue weighted by Gasteiger charge is -2.19. The lowest BCUT2D eigenvalue weighted by Crippen LogP contribution is -2.10. The van der Waals surface area contributed by atoms with Crippen molar-refractivity contribution in [2.24, 2.45) is 0 Å². The van der Waals surface area contributed by atoms with Crippen LogP contribution in [0.25, 0.3) is 0 Å². The van der Waals surface area contributed by atoms with Gasteiger partial charge in [0, 0.05) is 5.92 Å². The van der Waals surface area contributed by atoms with E-state index < -0.39 is 0 Å². The molecule has 0 saturated carbocycles. The summed E-state index contributed by atoms with van der Waals surface area (Å²) in [6, 6.07) is 9.06. The summed E-state index contributed by atoms with van der Waals surface area (Å²) in [6.45, 7) is 11.1. The first kappa shape index (κ1) is 12.2. The van der Waals surface area contributed by atoms with Crippen molar-refractivity contribution in [1.82, 2.24) is 0 Å². The third-order valence-corrected chi connectivity index (χ3v) is 3.64. The molecule has 17 heavy (non-hydrogen) atoms. The zero-order chi connectivity index (χ0) is 12.6. The van der Waals surface area contributed by atoms with Gasteiger partial charge in [-0.25, -0.2) is 0 Å². The highest BCUT2D eigenvalue weighted by Gasteiger charge is 2.16. The molecule has 2 rings (SSSR count). The van der Waals surface area contributed by atoms with Gasteiger partial charge in [0.15, 0.2) is 0 Å². The van der Waals surface area contributed by atoms with E-state index in [0.29, 0.717) is 5.92 Å². The first-order chi connectivity index (χ1) is 7.88. The average molecular weight is 226 g/mol. The van der Waals surface area contributed by atoms with Gasteiger partial charge >= 0.3 is 0 Å². The van der Waals surface area contributed by atoms with Crippen molar-refractivity contribution in [1.29, 1.82) is 0 Å². The zero-order valence-electron chi connectivity index (χ0n) is 11.5. The van der Waals surface area contributed by atoms with Crippen LogP contribution in [0.2, 0.25) is 0 Å². The molecule has 0 unspecified atom stereocenters. The van der Waals surface area contributed by atoms with Crippen LogP contribution in [0.1, 0.15) is 51.7 Å². The molecular weight excluding hydrogens is 204 g/mol. The van der Waals surface area contributed by atoms with Gasteiger partial charge in [-0.15, -0.1) is 0 Å². The minimum absolute atomic E-state index is 0.242. The second-order valence-electron chi connectivity index (χ2n) is 6.10. The molecule has 0 aromatic heterocycles. The van der Waals surface area contributed by atoms with Crippen LogP contribution < -0.4 is 0 Å². The van der Waals surface area contributed by atoms with Crippen LogP contribution in [-0.2, 0) is 5.41 Å². The van der Waals surface area contributed by atoms with Crippen LogP contribution in [0.3, 0.4) is 0 Å². The zero-order valence-corrected chi connectivity index (χ0v) is 11.5. The maximum atomic E-state index is 2.35. The van der Waals surface area contributed by atoms with Gasteiger partial charge in [-0.1, -0.05) is 68.3 Å². The number of benzene rings is 1. The highest BCUT2D eigenvalue weighted by Crippen LogP contribution is 2.32. The molecule has 0 amide bonds. The maximum Gasteiger partial charge on any atom is 0.0210 e. The van der Waals surface area contributed by atoms with Crippen LogP contribution >= 0.6 is 0 Å². The van der Waals surface area contributed by atoms with Gasteiger partial charge in [0.2, 0.25) is 0 Å². The van der Waals surface area contributed by atoms with Gasteiger partial charge in [-0.2, -0.15) is 0 Å². The van der Waals surface area contributed by atoms with E-state index in [1.54, 1.807) is 0 Å². The molecule has 0 N–H and O–H groups in total. The van der Waals surface area contributed by atoms with E-state index in [-0.39, 0.29) is 5.41 Å². The van der Waals surface area contributed by atoms with E-state index in [0.717, 1.165) is 0 Å². The summed E-state index contributed by atoms with van der Waals surface area (Å²) < 4.78 is 0. The Morgan fingerprint density at radius 3 is 1.71 bits per heavy atom. The smallest absolute Gasteiger partial charge is 0.0210 e. The normalized spacial score (nSPS) is 17.0. The Bertz CT molecular complexity index is 446. The van der Waals surface area contributed by atoms with Gasteiger partial charge in [-0.05, 0) is 30.4 Å². The summed E-state index contributed by atoms with van der Waals surface area (Å²) in [5.74, 6) is 0.476. The molecule has 0 fully saturated rings. The number of hydrogen-bond donors (Lipinski definition) is 0. The molecule has 0 spiro atoms. The minimum Gasteiger partial charge on any atom is -0.0700 e. The lowest BCUT2D eigenvalue weighted by molar-refractivity contribution is 0.590. The lowest BCUT2D eigenvalue weighted by atomic mass is 9.85. The summed E-state index contributed by atoms with van der Waals surface area (Å²) in [5.41, 5.74) is 5.87. The van der Waals surface area contributed by atoms with E-state index in [1.165, 1.54) is 22.3 Å². The molecule has 1 aliphatic rings. The van der Waals surface area contributed by atoms with Crippen LogP contribution in [-0.4, -0.2) is 0 Å².